The number of anilines is 1. The van der Waals surface area contributed by atoms with Crippen LogP contribution in [0.25, 0.3) is 0 Å². The number of piperidine rings is 1. The Hall–Kier alpha value is -2.99. The number of hydrogen-bond acceptors (Lipinski definition) is 5. The minimum atomic E-state index is -4.82. The second-order valence-electron chi connectivity index (χ2n) is 6.97. The lowest BCUT2D eigenvalue weighted by atomic mass is 9.97. The minimum Gasteiger partial charge on any atom is -0.326 e. The van der Waals surface area contributed by atoms with E-state index in [1.165, 1.54) is 30.3 Å². The first-order valence-electron chi connectivity index (χ1n) is 9.22. The van der Waals surface area contributed by atoms with Gasteiger partial charge in [0.25, 0.3) is 5.69 Å². The number of sulfonamides is 1. The molecular weight excluding hydrogens is 439 g/mol. The number of nitrogens with zero attached hydrogens (tertiary/aromatic N) is 2. The largest absolute Gasteiger partial charge is 0.417 e. The number of nitro benzene ring substituents is 1. The van der Waals surface area contributed by atoms with Gasteiger partial charge < -0.3 is 5.32 Å². The molecule has 0 aliphatic carbocycles. The zero-order valence-electron chi connectivity index (χ0n) is 16.0. The summed E-state index contributed by atoms with van der Waals surface area (Å²) in [7, 11) is -4.39. The lowest BCUT2D eigenvalue weighted by Crippen LogP contribution is -2.41. The Morgan fingerprint density at radius 2 is 1.74 bits per heavy atom. The maximum atomic E-state index is 13.2. The third-order valence-corrected chi connectivity index (χ3v) is 6.92. The molecule has 2 aromatic rings. The molecule has 0 saturated carbocycles. The molecule has 166 valence electrons. The van der Waals surface area contributed by atoms with E-state index in [0.717, 1.165) is 16.4 Å². The fraction of sp³-hybridized carbons (Fsp3) is 0.316. The van der Waals surface area contributed by atoms with Crippen LogP contribution in [0.5, 0.6) is 0 Å². The first-order valence-corrected chi connectivity index (χ1v) is 10.7. The monoisotopic (exact) mass is 457 g/mol. The molecule has 12 heteroatoms. The highest BCUT2D eigenvalue weighted by Gasteiger charge is 2.40. The van der Waals surface area contributed by atoms with Crippen molar-refractivity contribution in [1.82, 2.24) is 4.31 Å². The van der Waals surface area contributed by atoms with Crippen molar-refractivity contribution in [3.63, 3.8) is 0 Å². The number of benzene rings is 2. The van der Waals surface area contributed by atoms with E-state index in [-0.39, 0.29) is 37.3 Å². The smallest absolute Gasteiger partial charge is 0.326 e. The van der Waals surface area contributed by atoms with Gasteiger partial charge in [-0.05, 0) is 31.0 Å². The Morgan fingerprint density at radius 3 is 2.35 bits per heavy atom. The molecule has 1 fully saturated rings. The van der Waals surface area contributed by atoms with Crippen LogP contribution < -0.4 is 5.32 Å². The first kappa shape index (κ1) is 22.7. The van der Waals surface area contributed by atoms with Gasteiger partial charge in [0.05, 0.1) is 15.4 Å². The van der Waals surface area contributed by atoms with E-state index in [0.29, 0.717) is 6.07 Å². The average molecular weight is 457 g/mol. The van der Waals surface area contributed by atoms with Crippen molar-refractivity contribution in [1.29, 1.82) is 0 Å². The van der Waals surface area contributed by atoms with Gasteiger partial charge in [0.15, 0.2) is 0 Å². The molecule has 8 nitrogen and oxygen atoms in total. The Balaban J connectivity index is 1.69. The molecule has 0 aromatic heterocycles. The van der Waals surface area contributed by atoms with E-state index < -0.39 is 43.4 Å². The topological polar surface area (TPSA) is 110 Å². The maximum Gasteiger partial charge on any atom is 0.417 e. The molecule has 0 spiro atoms. The van der Waals surface area contributed by atoms with Crippen molar-refractivity contribution in [3.8, 4) is 0 Å². The molecule has 2 aromatic carbocycles. The van der Waals surface area contributed by atoms with Gasteiger partial charge in [-0.15, -0.1) is 0 Å². The maximum absolute atomic E-state index is 13.2. The van der Waals surface area contributed by atoms with Crippen LogP contribution in [0.15, 0.2) is 53.4 Å². The number of non-ortho nitro benzene ring substituents is 1. The Kier molecular flexibility index (Phi) is 6.32. The number of carbonyl (C=O) groups is 1. The van der Waals surface area contributed by atoms with Crippen LogP contribution in [-0.2, 0) is 21.0 Å². The molecule has 0 unspecified atom stereocenters. The van der Waals surface area contributed by atoms with Gasteiger partial charge in [0, 0.05) is 36.8 Å². The highest BCUT2D eigenvalue weighted by molar-refractivity contribution is 7.89. The fourth-order valence-corrected chi connectivity index (χ4v) is 5.05. The van der Waals surface area contributed by atoms with Crippen LogP contribution >= 0.6 is 0 Å². The summed E-state index contributed by atoms with van der Waals surface area (Å²) in [6.07, 6.45) is -4.61. The molecule has 1 N–H and O–H groups in total. The van der Waals surface area contributed by atoms with Crippen LogP contribution in [0.2, 0.25) is 0 Å². The molecule has 31 heavy (non-hydrogen) atoms. The van der Waals surface area contributed by atoms with E-state index in [9.17, 15) is 36.5 Å². The third kappa shape index (κ3) is 5.02. The van der Waals surface area contributed by atoms with Gasteiger partial charge in [-0.25, -0.2) is 8.42 Å². The number of amides is 1. The molecule has 0 bridgehead atoms. The van der Waals surface area contributed by atoms with Gasteiger partial charge in [-0.2, -0.15) is 17.5 Å². The molecule has 1 aliphatic heterocycles. The van der Waals surface area contributed by atoms with E-state index in [1.807, 2.05) is 0 Å². The highest BCUT2D eigenvalue weighted by atomic mass is 32.2. The van der Waals surface area contributed by atoms with E-state index >= 15 is 0 Å². The molecule has 1 heterocycles. The highest BCUT2D eigenvalue weighted by Crippen LogP contribution is 2.36. The number of carbonyl (C=O) groups excluding carboxylic acids is 1. The van der Waals surface area contributed by atoms with Crippen molar-refractivity contribution < 1.29 is 31.3 Å². The molecular formula is C19H18F3N3O5S. The molecule has 1 aliphatic rings. The average Bonchev–Trinajstić information content (AvgIpc) is 2.73. The summed E-state index contributed by atoms with van der Waals surface area (Å²) < 4.78 is 66.2. The number of halogens is 3. The zero-order chi connectivity index (χ0) is 22.8. The molecule has 0 atom stereocenters. The van der Waals surface area contributed by atoms with E-state index in [2.05, 4.69) is 5.32 Å². The molecule has 3 rings (SSSR count). The second-order valence-corrected chi connectivity index (χ2v) is 8.88. The summed E-state index contributed by atoms with van der Waals surface area (Å²) in [5.41, 5.74) is -1.20. The van der Waals surface area contributed by atoms with Crippen molar-refractivity contribution >= 4 is 27.3 Å². The first-order chi connectivity index (χ1) is 14.5. The second kappa shape index (κ2) is 8.63. The van der Waals surface area contributed by atoms with E-state index in [1.54, 1.807) is 0 Å². The van der Waals surface area contributed by atoms with Crippen molar-refractivity contribution in [2.24, 2.45) is 5.92 Å². The third-order valence-electron chi connectivity index (χ3n) is 4.96. The van der Waals surface area contributed by atoms with Gasteiger partial charge in [0.2, 0.25) is 15.9 Å². The predicted molar refractivity (Wildman–Crippen MR) is 105 cm³/mol. The van der Waals surface area contributed by atoms with Crippen LogP contribution in [0.4, 0.5) is 24.5 Å². The normalized spacial score (nSPS) is 16.1. The standard InChI is InChI=1S/C19H18F3N3O5S/c20-19(21,22)16-6-1-2-7-17(16)31(29,30)24-10-8-13(9-11-24)18(26)23-14-4-3-5-15(12-14)25(27)28/h1-7,12-13H,8-11H2,(H,23,26). The van der Waals surface area contributed by atoms with Gasteiger partial charge in [0.1, 0.15) is 0 Å². The minimum absolute atomic E-state index is 0.105. The fourth-order valence-electron chi connectivity index (χ4n) is 3.36. The Labute approximate surface area is 175 Å². The summed E-state index contributed by atoms with van der Waals surface area (Å²) in [4.78, 5) is 21.9. The van der Waals surface area contributed by atoms with Gasteiger partial charge >= 0.3 is 6.18 Å². The number of rotatable bonds is 5. The van der Waals surface area contributed by atoms with Crippen LogP contribution in [0.3, 0.4) is 0 Å². The van der Waals surface area contributed by atoms with Crippen molar-refractivity contribution in [2.45, 2.75) is 23.9 Å². The number of alkyl halides is 3. The number of nitrogens with one attached hydrogen (secondary N) is 1. The SMILES string of the molecule is O=C(Nc1cccc([N+](=O)[O-])c1)C1CCN(S(=O)(=O)c2ccccc2C(F)(F)F)CC1. The summed E-state index contributed by atoms with van der Waals surface area (Å²) in [5.74, 6) is -1.02. The summed E-state index contributed by atoms with van der Waals surface area (Å²) in [6, 6.07) is 9.35. The van der Waals surface area contributed by atoms with Crippen molar-refractivity contribution in [3.05, 3.63) is 64.2 Å². The molecule has 0 radical (unpaired) electrons. The van der Waals surface area contributed by atoms with E-state index in [4.69, 9.17) is 0 Å². The quantitative estimate of drug-likeness (QED) is 0.544. The molecule has 1 amide bonds. The number of hydrogen-bond donors (Lipinski definition) is 1. The van der Waals surface area contributed by atoms with Crippen LogP contribution in [0, 0.1) is 16.0 Å². The Bertz CT molecular complexity index is 1100. The van der Waals surface area contributed by atoms with Crippen LogP contribution in [0.1, 0.15) is 18.4 Å². The molecule has 1 saturated heterocycles. The van der Waals surface area contributed by atoms with Crippen molar-refractivity contribution in [2.75, 3.05) is 18.4 Å². The lowest BCUT2D eigenvalue weighted by molar-refractivity contribution is -0.384. The summed E-state index contributed by atoms with van der Waals surface area (Å²) in [6.45, 7) is -0.247. The lowest BCUT2D eigenvalue weighted by Gasteiger charge is -2.31. The predicted octanol–water partition coefficient (Wildman–Crippen LogP) is 3.65. The number of nitro groups is 1. The van der Waals surface area contributed by atoms with Crippen LogP contribution in [-0.4, -0.2) is 36.6 Å². The van der Waals surface area contributed by atoms with Gasteiger partial charge in [-0.3, -0.25) is 14.9 Å². The Morgan fingerprint density at radius 1 is 1.10 bits per heavy atom. The van der Waals surface area contributed by atoms with Gasteiger partial charge in [-0.1, -0.05) is 18.2 Å². The summed E-state index contributed by atoms with van der Waals surface area (Å²) >= 11 is 0. The summed E-state index contributed by atoms with van der Waals surface area (Å²) in [5, 5.41) is 13.4. The zero-order valence-corrected chi connectivity index (χ0v) is 16.8.